The van der Waals surface area contributed by atoms with Crippen molar-refractivity contribution in [2.24, 2.45) is 5.73 Å². The van der Waals surface area contributed by atoms with Crippen molar-refractivity contribution in [3.8, 4) is 0 Å². The molecule has 0 fully saturated rings. The predicted octanol–water partition coefficient (Wildman–Crippen LogP) is 5.30. The average Bonchev–Trinajstić information content (AvgIpc) is 3.03. The van der Waals surface area contributed by atoms with E-state index in [9.17, 15) is 0 Å². The van der Waals surface area contributed by atoms with Gasteiger partial charge in [-0.3, -0.25) is 0 Å². The van der Waals surface area contributed by atoms with Crippen LogP contribution in [0.2, 0.25) is 0 Å². The van der Waals surface area contributed by atoms with Crippen LogP contribution in [0.3, 0.4) is 0 Å². The average molecular weight is 336 g/mol. The second-order valence-corrected chi connectivity index (χ2v) is 7.02. The zero-order valence-electron chi connectivity index (χ0n) is 16.0. The zero-order chi connectivity index (χ0) is 17.3. The van der Waals surface area contributed by atoms with Crippen molar-refractivity contribution in [1.29, 1.82) is 0 Å². The van der Waals surface area contributed by atoms with Crippen LogP contribution in [0.15, 0.2) is 24.6 Å². The molecule has 0 aromatic rings. The summed E-state index contributed by atoms with van der Waals surface area (Å²) < 4.78 is 0. The first kappa shape index (κ1) is 21.1. The number of hydrogen-bond donors (Lipinski definition) is 2. The number of nitrogens with one attached hydrogen (secondary N) is 1. The van der Waals surface area contributed by atoms with Crippen molar-refractivity contribution in [1.82, 2.24) is 10.2 Å². The molecular formula is C21H41N3. The number of unbranched alkanes of at least 4 members (excludes halogenated alkanes) is 10. The molecule has 0 amide bonds. The highest BCUT2D eigenvalue weighted by Gasteiger charge is 2.16. The van der Waals surface area contributed by atoms with E-state index >= 15 is 0 Å². The Hall–Kier alpha value is -0.960. The predicted molar refractivity (Wildman–Crippen MR) is 107 cm³/mol. The molecule has 0 aromatic heterocycles. The van der Waals surface area contributed by atoms with Crippen LogP contribution in [0.4, 0.5) is 0 Å². The van der Waals surface area contributed by atoms with Crippen molar-refractivity contribution >= 4 is 0 Å². The van der Waals surface area contributed by atoms with Gasteiger partial charge < -0.3 is 16.0 Å². The molecule has 1 atom stereocenters. The summed E-state index contributed by atoms with van der Waals surface area (Å²) in [5.74, 6) is 0. The summed E-state index contributed by atoms with van der Waals surface area (Å²) in [6, 6.07) is 0. The Bertz CT molecular complexity index is 325. The molecule has 24 heavy (non-hydrogen) atoms. The third-order valence-electron chi connectivity index (χ3n) is 4.84. The van der Waals surface area contributed by atoms with Gasteiger partial charge in [-0.05, 0) is 32.1 Å². The minimum atomic E-state index is 0.487. The molecule has 1 aliphatic heterocycles. The molecule has 0 saturated carbocycles. The topological polar surface area (TPSA) is 41.3 Å². The van der Waals surface area contributed by atoms with E-state index in [1.165, 1.54) is 83.5 Å². The molecular weight excluding hydrogens is 294 g/mol. The molecule has 1 unspecified atom stereocenters. The SMILES string of the molecule is CC/C=C/CCCCCCCCCCCCC1NC=CN1CCN. The van der Waals surface area contributed by atoms with E-state index in [1.54, 1.807) is 0 Å². The maximum absolute atomic E-state index is 5.64. The molecule has 0 aromatic carbocycles. The minimum Gasteiger partial charge on any atom is -0.370 e. The van der Waals surface area contributed by atoms with Crippen LogP contribution in [0, 0.1) is 0 Å². The molecule has 0 saturated heterocycles. The first-order valence-corrected chi connectivity index (χ1v) is 10.4. The van der Waals surface area contributed by atoms with Crippen LogP contribution in [0.5, 0.6) is 0 Å². The van der Waals surface area contributed by atoms with E-state index in [4.69, 9.17) is 5.73 Å². The highest BCUT2D eigenvalue weighted by atomic mass is 15.3. The summed E-state index contributed by atoms with van der Waals surface area (Å²) in [4.78, 5) is 2.33. The Morgan fingerprint density at radius 3 is 2.17 bits per heavy atom. The van der Waals surface area contributed by atoms with Crippen molar-refractivity contribution < 1.29 is 0 Å². The first-order valence-electron chi connectivity index (χ1n) is 10.4. The van der Waals surface area contributed by atoms with Crippen molar-refractivity contribution in [2.75, 3.05) is 13.1 Å². The molecule has 3 N–H and O–H groups in total. The molecule has 3 nitrogen and oxygen atoms in total. The minimum absolute atomic E-state index is 0.487. The van der Waals surface area contributed by atoms with Gasteiger partial charge in [0.15, 0.2) is 0 Å². The van der Waals surface area contributed by atoms with Gasteiger partial charge in [-0.2, -0.15) is 0 Å². The monoisotopic (exact) mass is 335 g/mol. The lowest BCUT2D eigenvalue weighted by Crippen LogP contribution is -2.37. The second kappa shape index (κ2) is 15.6. The van der Waals surface area contributed by atoms with Gasteiger partial charge in [0.1, 0.15) is 0 Å². The van der Waals surface area contributed by atoms with Crippen molar-refractivity contribution in [3.63, 3.8) is 0 Å². The molecule has 1 rings (SSSR count). The number of nitrogens with two attached hydrogens (primary N) is 1. The van der Waals surface area contributed by atoms with Crippen molar-refractivity contribution in [3.05, 3.63) is 24.6 Å². The summed E-state index contributed by atoms with van der Waals surface area (Å²) in [5, 5.41) is 3.42. The lowest BCUT2D eigenvalue weighted by molar-refractivity contribution is 0.264. The maximum Gasteiger partial charge on any atom is 0.0981 e. The van der Waals surface area contributed by atoms with Gasteiger partial charge in [-0.15, -0.1) is 0 Å². The fourth-order valence-electron chi connectivity index (χ4n) is 3.38. The molecule has 0 bridgehead atoms. The van der Waals surface area contributed by atoms with E-state index in [1.807, 2.05) is 0 Å². The van der Waals surface area contributed by atoms with Gasteiger partial charge in [0, 0.05) is 25.5 Å². The molecule has 140 valence electrons. The Morgan fingerprint density at radius 2 is 1.54 bits per heavy atom. The largest absolute Gasteiger partial charge is 0.370 e. The van der Waals surface area contributed by atoms with Gasteiger partial charge in [-0.25, -0.2) is 0 Å². The van der Waals surface area contributed by atoms with Gasteiger partial charge in [0.25, 0.3) is 0 Å². The Labute approximate surface area is 150 Å². The normalized spacial score (nSPS) is 17.1. The molecule has 1 aliphatic rings. The highest BCUT2D eigenvalue weighted by molar-refractivity contribution is 4.94. The number of allylic oxidation sites excluding steroid dienone is 2. The molecule has 0 aliphatic carbocycles. The molecule has 0 spiro atoms. The summed E-state index contributed by atoms with van der Waals surface area (Å²) in [6.45, 7) is 3.90. The molecule has 0 radical (unpaired) electrons. The van der Waals surface area contributed by atoms with Crippen LogP contribution in [-0.4, -0.2) is 24.2 Å². The number of rotatable bonds is 16. The molecule has 1 heterocycles. The molecule has 3 heteroatoms. The van der Waals surface area contributed by atoms with E-state index in [0.29, 0.717) is 6.17 Å². The Kier molecular flexibility index (Phi) is 13.7. The van der Waals surface area contributed by atoms with Gasteiger partial charge in [0.05, 0.1) is 6.17 Å². The summed E-state index contributed by atoms with van der Waals surface area (Å²) in [5.41, 5.74) is 5.64. The quantitative estimate of drug-likeness (QED) is 0.297. The van der Waals surface area contributed by atoms with Crippen LogP contribution in [0.25, 0.3) is 0 Å². The first-order chi connectivity index (χ1) is 11.9. The van der Waals surface area contributed by atoms with E-state index in [0.717, 1.165) is 13.1 Å². The Balaban J connectivity index is 1.79. The standard InChI is InChI=1S/C21H41N3/c1-2-3-4-5-6-7-8-9-10-11-12-13-14-15-16-21-23-18-20-24(21)19-17-22/h3-4,18,20-21,23H,2,5-17,19,22H2,1H3/b4-3+. The van der Waals surface area contributed by atoms with E-state index < -0.39 is 0 Å². The third-order valence-corrected chi connectivity index (χ3v) is 4.84. The lowest BCUT2D eigenvalue weighted by atomic mass is 10.0. The van der Waals surface area contributed by atoms with Gasteiger partial charge in [0.2, 0.25) is 0 Å². The zero-order valence-corrected chi connectivity index (χ0v) is 16.0. The smallest absolute Gasteiger partial charge is 0.0981 e. The highest BCUT2D eigenvalue weighted by Crippen LogP contribution is 2.15. The number of nitrogens with zero attached hydrogens (tertiary/aromatic N) is 1. The lowest BCUT2D eigenvalue weighted by Gasteiger charge is -2.25. The fraction of sp³-hybridized carbons (Fsp3) is 0.810. The van der Waals surface area contributed by atoms with E-state index in [2.05, 4.69) is 41.7 Å². The Morgan fingerprint density at radius 1 is 0.917 bits per heavy atom. The second-order valence-electron chi connectivity index (χ2n) is 7.02. The van der Waals surface area contributed by atoms with Crippen LogP contribution >= 0.6 is 0 Å². The summed E-state index contributed by atoms with van der Waals surface area (Å²) >= 11 is 0. The van der Waals surface area contributed by atoms with Crippen LogP contribution in [0.1, 0.15) is 90.4 Å². The fourth-order valence-corrected chi connectivity index (χ4v) is 3.38. The van der Waals surface area contributed by atoms with Crippen LogP contribution in [-0.2, 0) is 0 Å². The summed E-state index contributed by atoms with van der Waals surface area (Å²) in [7, 11) is 0. The number of hydrogen-bond acceptors (Lipinski definition) is 3. The summed E-state index contributed by atoms with van der Waals surface area (Å²) in [6.07, 6.45) is 27.0. The third kappa shape index (κ3) is 10.7. The maximum atomic E-state index is 5.64. The van der Waals surface area contributed by atoms with Crippen LogP contribution < -0.4 is 11.1 Å². The van der Waals surface area contributed by atoms with Crippen molar-refractivity contribution in [2.45, 2.75) is 96.6 Å². The van der Waals surface area contributed by atoms with E-state index in [-0.39, 0.29) is 0 Å². The van der Waals surface area contributed by atoms with Gasteiger partial charge in [-0.1, -0.05) is 70.4 Å². The van der Waals surface area contributed by atoms with Gasteiger partial charge >= 0.3 is 0 Å².